The van der Waals surface area contributed by atoms with Crippen molar-refractivity contribution in [3.8, 4) is 0 Å². The topological polar surface area (TPSA) is 28.7 Å². The molecule has 0 spiro atoms. The third-order valence-electron chi connectivity index (χ3n) is 2.59. The third-order valence-corrected chi connectivity index (χ3v) is 2.59. The number of halogens is 3. The SMILES string of the molecule is CC(C)(C)c1cc(C(F)(F)F)c2[nH]ccc2n1. The smallest absolute Gasteiger partial charge is 0.359 e. The van der Waals surface area contributed by atoms with Crippen molar-refractivity contribution >= 4 is 11.0 Å². The summed E-state index contributed by atoms with van der Waals surface area (Å²) in [7, 11) is 0. The van der Waals surface area contributed by atoms with Crippen LogP contribution in [0.3, 0.4) is 0 Å². The Hall–Kier alpha value is -1.52. The van der Waals surface area contributed by atoms with Crippen LogP contribution in [0.5, 0.6) is 0 Å². The Labute approximate surface area is 96.9 Å². The molecule has 0 aliphatic heterocycles. The lowest BCUT2D eigenvalue weighted by molar-refractivity contribution is -0.136. The highest BCUT2D eigenvalue weighted by Gasteiger charge is 2.35. The number of nitrogens with zero attached hydrogens (tertiary/aromatic N) is 1. The van der Waals surface area contributed by atoms with Crippen molar-refractivity contribution in [2.75, 3.05) is 0 Å². The summed E-state index contributed by atoms with van der Waals surface area (Å²) in [6.45, 7) is 5.52. The van der Waals surface area contributed by atoms with E-state index in [0.717, 1.165) is 6.07 Å². The number of aromatic nitrogens is 2. The van der Waals surface area contributed by atoms with E-state index in [0.29, 0.717) is 11.2 Å². The number of hydrogen-bond donors (Lipinski definition) is 1. The number of hydrogen-bond acceptors (Lipinski definition) is 1. The first-order valence-electron chi connectivity index (χ1n) is 5.25. The van der Waals surface area contributed by atoms with E-state index in [1.165, 1.54) is 6.20 Å². The average Bonchev–Trinajstić information content (AvgIpc) is 2.59. The highest BCUT2D eigenvalue weighted by atomic mass is 19.4. The van der Waals surface area contributed by atoms with Gasteiger partial charge < -0.3 is 4.98 Å². The van der Waals surface area contributed by atoms with Crippen LogP contribution in [0.4, 0.5) is 13.2 Å². The molecule has 0 unspecified atom stereocenters. The number of H-pyrrole nitrogens is 1. The van der Waals surface area contributed by atoms with Gasteiger partial charge in [-0.2, -0.15) is 13.2 Å². The second kappa shape index (κ2) is 3.48. The maximum atomic E-state index is 12.9. The van der Waals surface area contributed by atoms with Crippen LogP contribution in [0.15, 0.2) is 18.3 Å². The van der Waals surface area contributed by atoms with Crippen molar-refractivity contribution in [3.63, 3.8) is 0 Å². The summed E-state index contributed by atoms with van der Waals surface area (Å²) in [5.41, 5.74) is -0.226. The predicted molar refractivity (Wildman–Crippen MR) is 59.8 cm³/mol. The minimum Gasteiger partial charge on any atom is -0.359 e. The first kappa shape index (κ1) is 12.0. The standard InChI is InChI=1S/C12H13F3N2/c1-11(2,3)9-6-7(12(13,14)15)10-8(17-9)4-5-16-10/h4-6,16H,1-3H3. The van der Waals surface area contributed by atoms with Gasteiger partial charge in [0.2, 0.25) is 0 Å². The van der Waals surface area contributed by atoms with E-state index in [1.807, 2.05) is 20.8 Å². The second-order valence-electron chi connectivity index (χ2n) is 5.04. The van der Waals surface area contributed by atoms with Crippen LogP contribution >= 0.6 is 0 Å². The molecule has 17 heavy (non-hydrogen) atoms. The Morgan fingerprint density at radius 2 is 1.82 bits per heavy atom. The van der Waals surface area contributed by atoms with Crippen LogP contribution < -0.4 is 0 Å². The average molecular weight is 242 g/mol. The minimum absolute atomic E-state index is 0.0468. The molecule has 2 aromatic heterocycles. The van der Waals surface area contributed by atoms with Crippen molar-refractivity contribution in [2.45, 2.75) is 32.4 Å². The zero-order valence-electron chi connectivity index (χ0n) is 9.81. The van der Waals surface area contributed by atoms with Crippen LogP contribution in [0.25, 0.3) is 11.0 Å². The second-order valence-corrected chi connectivity index (χ2v) is 5.04. The summed E-state index contributed by atoms with van der Waals surface area (Å²) in [6.07, 6.45) is -2.90. The molecule has 1 N–H and O–H groups in total. The molecule has 5 heteroatoms. The third kappa shape index (κ3) is 2.14. The van der Waals surface area contributed by atoms with E-state index in [1.54, 1.807) is 6.07 Å². The van der Waals surface area contributed by atoms with Crippen molar-refractivity contribution in [2.24, 2.45) is 0 Å². The lowest BCUT2D eigenvalue weighted by Crippen LogP contribution is -2.16. The number of nitrogens with one attached hydrogen (secondary N) is 1. The molecule has 2 rings (SSSR count). The Balaban J connectivity index is 2.76. The van der Waals surface area contributed by atoms with Crippen LogP contribution in [-0.4, -0.2) is 9.97 Å². The van der Waals surface area contributed by atoms with Gasteiger partial charge in [0.15, 0.2) is 0 Å². The number of fused-ring (bicyclic) bond motifs is 1. The molecule has 0 fully saturated rings. The first-order chi connectivity index (χ1) is 7.69. The molecule has 2 nitrogen and oxygen atoms in total. The molecule has 2 aromatic rings. The van der Waals surface area contributed by atoms with Gasteiger partial charge >= 0.3 is 6.18 Å². The van der Waals surface area contributed by atoms with E-state index >= 15 is 0 Å². The summed E-state index contributed by atoms with van der Waals surface area (Å²) >= 11 is 0. The molecule has 92 valence electrons. The fourth-order valence-electron chi connectivity index (χ4n) is 1.65. The largest absolute Gasteiger partial charge is 0.418 e. The number of aromatic amines is 1. The van der Waals surface area contributed by atoms with Gasteiger partial charge in [-0.15, -0.1) is 0 Å². The molecule has 0 bridgehead atoms. The van der Waals surface area contributed by atoms with Crippen molar-refractivity contribution in [1.82, 2.24) is 9.97 Å². The number of pyridine rings is 1. The highest BCUT2D eigenvalue weighted by molar-refractivity contribution is 5.79. The zero-order chi connectivity index (χ0) is 12.8. The maximum Gasteiger partial charge on any atom is 0.418 e. The molecule has 0 amide bonds. The van der Waals surface area contributed by atoms with E-state index in [4.69, 9.17) is 0 Å². The van der Waals surface area contributed by atoms with Crippen molar-refractivity contribution in [1.29, 1.82) is 0 Å². The molecular formula is C12H13F3N2. The molecule has 0 aliphatic carbocycles. The Kier molecular flexibility index (Phi) is 2.45. The maximum absolute atomic E-state index is 12.9. The lowest BCUT2D eigenvalue weighted by Gasteiger charge is -2.19. The fourth-order valence-corrected chi connectivity index (χ4v) is 1.65. The van der Waals surface area contributed by atoms with Gasteiger partial charge in [0.1, 0.15) is 0 Å². The van der Waals surface area contributed by atoms with Gasteiger partial charge in [-0.1, -0.05) is 20.8 Å². The molecule has 2 heterocycles. The quantitative estimate of drug-likeness (QED) is 0.746. The first-order valence-corrected chi connectivity index (χ1v) is 5.25. The van der Waals surface area contributed by atoms with Crippen molar-refractivity contribution < 1.29 is 13.2 Å². The Morgan fingerprint density at radius 3 is 2.35 bits per heavy atom. The normalized spacial score (nSPS) is 13.3. The van der Waals surface area contributed by atoms with Crippen LogP contribution in [0, 0.1) is 0 Å². The summed E-state index contributed by atoms with van der Waals surface area (Å²) in [5, 5.41) is 0. The molecule has 0 saturated carbocycles. The lowest BCUT2D eigenvalue weighted by atomic mass is 9.90. The van der Waals surface area contributed by atoms with Gasteiger partial charge in [0, 0.05) is 17.3 Å². The highest BCUT2D eigenvalue weighted by Crippen LogP contribution is 2.36. The van der Waals surface area contributed by atoms with Crippen LogP contribution in [0.1, 0.15) is 32.0 Å². The summed E-state index contributed by atoms with van der Waals surface area (Å²) in [5.74, 6) is 0. The number of rotatable bonds is 0. The minimum atomic E-state index is -4.37. The molecule has 0 atom stereocenters. The van der Waals surface area contributed by atoms with E-state index in [-0.39, 0.29) is 5.52 Å². The van der Waals surface area contributed by atoms with Gasteiger partial charge in [-0.3, -0.25) is 4.98 Å². The predicted octanol–water partition coefficient (Wildman–Crippen LogP) is 3.88. The van der Waals surface area contributed by atoms with Gasteiger partial charge in [0.25, 0.3) is 0 Å². The Morgan fingerprint density at radius 1 is 1.18 bits per heavy atom. The van der Waals surface area contributed by atoms with Gasteiger partial charge in [-0.05, 0) is 12.1 Å². The van der Waals surface area contributed by atoms with Crippen LogP contribution in [-0.2, 0) is 11.6 Å². The molecule has 0 radical (unpaired) electrons. The van der Waals surface area contributed by atoms with E-state index in [9.17, 15) is 13.2 Å². The molecule has 0 aromatic carbocycles. The monoisotopic (exact) mass is 242 g/mol. The molecule has 0 saturated heterocycles. The summed E-state index contributed by atoms with van der Waals surface area (Å²) in [4.78, 5) is 6.84. The fraction of sp³-hybridized carbons (Fsp3) is 0.417. The summed E-state index contributed by atoms with van der Waals surface area (Å²) < 4.78 is 38.7. The van der Waals surface area contributed by atoms with E-state index < -0.39 is 17.2 Å². The van der Waals surface area contributed by atoms with E-state index in [2.05, 4.69) is 9.97 Å². The molecule has 0 aliphatic rings. The number of alkyl halides is 3. The Bertz CT molecular complexity index is 547. The van der Waals surface area contributed by atoms with Crippen molar-refractivity contribution in [3.05, 3.63) is 29.6 Å². The van der Waals surface area contributed by atoms with Crippen LogP contribution in [0.2, 0.25) is 0 Å². The zero-order valence-corrected chi connectivity index (χ0v) is 9.81. The van der Waals surface area contributed by atoms with Gasteiger partial charge in [0.05, 0.1) is 16.6 Å². The molecular weight excluding hydrogens is 229 g/mol. The summed E-state index contributed by atoms with van der Waals surface area (Å²) in [6, 6.07) is 2.68. The van der Waals surface area contributed by atoms with Gasteiger partial charge in [-0.25, -0.2) is 0 Å².